The van der Waals surface area contributed by atoms with Crippen molar-refractivity contribution in [2.75, 3.05) is 5.32 Å². The number of pyridine rings is 1. The number of carbonyl (C=O) groups is 1. The number of rotatable bonds is 3. The summed E-state index contributed by atoms with van der Waals surface area (Å²) in [6, 6.07) is 3.52. The monoisotopic (exact) mass is 314 g/mol. The number of fused-ring (bicyclic) bond motifs is 1. The number of hydrogen-bond donors (Lipinski definition) is 1. The summed E-state index contributed by atoms with van der Waals surface area (Å²) in [5, 5.41) is 7.10. The quantitative estimate of drug-likeness (QED) is 0.772. The molecule has 23 heavy (non-hydrogen) atoms. The van der Waals surface area contributed by atoms with Crippen LogP contribution in [0.2, 0.25) is 0 Å². The minimum absolute atomic E-state index is 0.0738. The van der Waals surface area contributed by atoms with Crippen LogP contribution >= 0.6 is 0 Å². The van der Waals surface area contributed by atoms with Gasteiger partial charge < -0.3 is 5.32 Å². The molecule has 3 rings (SSSR count). The predicted molar refractivity (Wildman–Crippen MR) is 86.3 cm³/mol. The zero-order chi connectivity index (χ0) is 16.7. The highest BCUT2D eigenvalue weighted by Gasteiger charge is 2.16. The molecular weight excluding hydrogens is 296 g/mol. The summed E-state index contributed by atoms with van der Waals surface area (Å²) in [4.78, 5) is 28.8. The fraction of sp³-hybridized carbons (Fsp3) is 0.333. The highest BCUT2D eigenvalue weighted by molar-refractivity contribution is 5.92. The van der Waals surface area contributed by atoms with Crippen molar-refractivity contribution < 1.29 is 4.79 Å². The molecule has 0 atom stereocenters. The van der Waals surface area contributed by atoms with Crippen molar-refractivity contribution in [1.29, 1.82) is 0 Å². The minimum atomic E-state index is -0.275. The Morgan fingerprint density at radius 2 is 2.04 bits per heavy atom. The van der Waals surface area contributed by atoms with E-state index in [1.807, 2.05) is 20.9 Å². The number of aryl methyl sites for hydroxylation is 3. The van der Waals surface area contributed by atoms with Gasteiger partial charge in [-0.3, -0.25) is 18.6 Å². The highest BCUT2D eigenvalue weighted by atomic mass is 16.2. The topological polar surface area (TPSA) is 86.7 Å². The molecule has 8 heteroatoms. The molecule has 0 bridgehead atoms. The van der Waals surface area contributed by atoms with Gasteiger partial charge in [-0.2, -0.15) is 5.10 Å². The third-order valence-corrected chi connectivity index (χ3v) is 3.97. The molecule has 3 aromatic heterocycles. The van der Waals surface area contributed by atoms with Crippen LogP contribution in [-0.2, 0) is 25.4 Å². The van der Waals surface area contributed by atoms with E-state index in [0.717, 1.165) is 11.4 Å². The average molecular weight is 314 g/mol. The van der Waals surface area contributed by atoms with Gasteiger partial charge in [0, 0.05) is 20.3 Å². The minimum Gasteiger partial charge on any atom is -0.321 e. The number of hydrogen-bond acceptors (Lipinski definition) is 4. The first-order valence-corrected chi connectivity index (χ1v) is 7.20. The third-order valence-electron chi connectivity index (χ3n) is 3.97. The van der Waals surface area contributed by atoms with Gasteiger partial charge in [0.15, 0.2) is 5.65 Å². The van der Waals surface area contributed by atoms with E-state index in [1.165, 1.54) is 9.13 Å². The second-order valence-electron chi connectivity index (χ2n) is 5.49. The number of anilines is 1. The molecule has 0 saturated carbocycles. The zero-order valence-corrected chi connectivity index (χ0v) is 13.5. The molecule has 0 spiro atoms. The van der Waals surface area contributed by atoms with E-state index in [2.05, 4.69) is 15.4 Å². The van der Waals surface area contributed by atoms with Crippen LogP contribution in [0.5, 0.6) is 0 Å². The maximum absolute atomic E-state index is 12.4. The Bertz CT molecular complexity index is 962. The van der Waals surface area contributed by atoms with E-state index >= 15 is 0 Å². The van der Waals surface area contributed by atoms with Gasteiger partial charge in [0.1, 0.15) is 6.54 Å². The van der Waals surface area contributed by atoms with Crippen molar-refractivity contribution in [2.24, 2.45) is 14.1 Å². The van der Waals surface area contributed by atoms with E-state index in [1.54, 1.807) is 30.1 Å². The van der Waals surface area contributed by atoms with Crippen LogP contribution in [0.25, 0.3) is 11.2 Å². The Hall–Kier alpha value is -2.90. The molecule has 0 aliphatic rings. The first kappa shape index (κ1) is 15.0. The fourth-order valence-electron chi connectivity index (χ4n) is 2.66. The molecule has 0 aliphatic carbocycles. The Kier molecular flexibility index (Phi) is 3.51. The van der Waals surface area contributed by atoms with Gasteiger partial charge in [0.2, 0.25) is 5.91 Å². The second kappa shape index (κ2) is 5.38. The smallest absolute Gasteiger partial charge is 0.321 e. The van der Waals surface area contributed by atoms with Crippen LogP contribution in [0.1, 0.15) is 11.4 Å². The Morgan fingerprint density at radius 1 is 1.30 bits per heavy atom. The van der Waals surface area contributed by atoms with Crippen LogP contribution in [0.3, 0.4) is 0 Å². The molecule has 0 radical (unpaired) electrons. The molecule has 3 heterocycles. The van der Waals surface area contributed by atoms with Crippen LogP contribution in [-0.4, -0.2) is 29.8 Å². The standard InChI is InChI=1S/C15H18N6O2/c1-9-13(10(2)20(4)18-9)17-12(22)8-21-11-6-5-7-16-14(11)19(3)15(21)23/h5-7H,8H2,1-4H3,(H,17,22). The van der Waals surface area contributed by atoms with Gasteiger partial charge in [0.05, 0.1) is 22.6 Å². The van der Waals surface area contributed by atoms with Crippen molar-refractivity contribution in [3.63, 3.8) is 0 Å². The number of nitrogens with one attached hydrogen (secondary N) is 1. The average Bonchev–Trinajstić information content (AvgIpc) is 2.90. The summed E-state index contributed by atoms with van der Waals surface area (Å²) in [7, 11) is 3.46. The Morgan fingerprint density at radius 3 is 2.70 bits per heavy atom. The van der Waals surface area contributed by atoms with Crippen LogP contribution in [0, 0.1) is 13.8 Å². The first-order chi connectivity index (χ1) is 10.9. The lowest BCUT2D eigenvalue weighted by Gasteiger charge is -2.06. The molecule has 8 nitrogen and oxygen atoms in total. The second-order valence-corrected chi connectivity index (χ2v) is 5.49. The molecule has 3 aromatic rings. The Labute approximate surface area is 132 Å². The van der Waals surface area contributed by atoms with Gasteiger partial charge >= 0.3 is 5.69 Å². The van der Waals surface area contributed by atoms with E-state index in [4.69, 9.17) is 0 Å². The summed E-state index contributed by atoms with van der Waals surface area (Å²) in [5.74, 6) is -0.275. The van der Waals surface area contributed by atoms with Crippen molar-refractivity contribution in [3.05, 3.63) is 40.2 Å². The molecule has 0 aromatic carbocycles. The largest absolute Gasteiger partial charge is 0.330 e. The molecule has 0 saturated heterocycles. The number of amides is 1. The van der Waals surface area contributed by atoms with E-state index < -0.39 is 0 Å². The normalized spacial score (nSPS) is 11.1. The van der Waals surface area contributed by atoms with Gasteiger partial charge in [0.25, 0.3) is 0 Å². The Balaban J connectivity index is 1.92. The lowest BCUT2D eigenvalue weighted by Crippen LogP contribution is -2.28. The van der Waals surface area contributed by atoms with Crippen LogP contribution < -0.4 is 11.0 Å². The van der Waals surface area contributed by atoms with Crippen molar-refractivity contribution in [2.45, 2.75) is 20.4 Å². The van der Waals surface area contributed by atoms with Crippen LogP contribution in [0.4, 0.5) is 5.69 Å². The van der Waals surface area contributed by atoms with Gasteiger partial charge in [-0.05, 0) is 26.0 Å². The summed E-state index contributed by atoms with van der Waals surface area (Å²) in [6.07, 6.45) is 1.62. The van der Waals surface area contributed by atoms with Gasteiger partial charge in [-0.25, -0.2) is 9.78 Å². The zero-order valence-electron chi connectivity index (χ0n) is 13.5. The molecule has 120 valence electrons. The van der Waals surface area contributed by atoms with E-state index in [9.17, 15) is 9.59 Å². The number of carbonyl (C=O) groups excluding carboxylic acids is 1. The molecule has 0 aliphatic heterocycles. The van der Waals surface area contributed by atoms with E-state index in [-0.39, 0.29) is 18.1 Å². The van der Waals surface area contributed by atoms with Crippen molar-refractivity contribution in [3.8, 4) is 0 Å². The maximum atomic E-state index is 12.4. The highest BCUT2D eigenvalue weighted by Crippen LogP contribution is 2.18. The number of aromatic nitrogens is 5. The summed E-state index contributed by atoms with van der Waals surface area (Å²) in [6.45, 7) is 3.63. The molecule has 0 fully saturated rings. The van der Waals surface area contributed by atoms with E-state index in [0.29, 0.717) is 16.9 Å². The molecule has 1 amide bonds. The van der Waals surface area contributed by atoms with Gasteiger partial charge in [-0.15, -0.1) is 0 Å². The fourth-order valence-corrected chi connectivity index (χ4v) is 2.66. The predicted octanol–water partition coefficient (Wildman–Crippen LogP) is 0.724. The van der Waals surface area contributed by atoms with Crippen molar-refractivity contribution >= 4 is 22.8 Å². The maximum Gasteiger partial charge on any atom is 0.330 e. The number of nitrogens with zero attached hydrogens (tertiary/aromatic N) is 5. The SMILES string of the molecule is Cc1nn(C)c(C)c1NC(=O)Cn1c(=O)n(C)c2ncccc21. The molecular formula is C15H18N6O2. The first-order valence-electron chi connectivity index (χ1n) is 7.20. The lowest BCUT2D eigenvalue weighted by atomic mass is 10.3. The molecule has 1 N–H and O–H groups in total. The van der Waals surface area contributed by atoms with Crippen LogP contribution in [0.15, 0.2) is 23.1 Å². The van der Waals surface area contributed by atoms with Crippen molar-refractivity contribution in [1.82, 2.24) is 23.9 Å². The number of imidazole rings is 1. The summed E-state index contributed by atoms with van der Waals surface area (Å²) >= 11 is 0. The summed E-state index contributed by atoms with van der Waals surface area (Å²) in [5.41, 5.74) is 3.21. The molecule has 0 unspecified atom stereocenters. The van der Waals surface area contributed by atoms with Gasteiger partial charge in [-0.1, -0.05) is 0 Å². The lowest BCUT2D eigenvalue weighted by molar-refractivity contribution is -0.116. The summed E-state index contributed by atoms with van der Waals surface area (Å²) < 4.78 is 4.56. The third kappa shape index (κ3) is 2.41.